The van der Waals surface area contributed by atoms with E-state index in [1.165, 1.54) is 6.07 Å². The Morgan fingerprint density at radius 1 is 0.861 bits per heavy atom. The van der Waals surface area contributed by atoms with Gasteiger partial charge in [0, 0.05) is 29.4 Å². The summed E-state index contributed by atoms with van der Waals surface area (Å²) in [6.07, 6.45) is 3.71. The van der Waals surface area contributed by atoms with Gasteiger partial charge in [-0.25, -0.2) is 8.42 Å². The highest BCUT2D eigenvalue weighted by molar-refractivity contribution is 7.92. The molecule has 0 amide bonds. The highest BCUT2D eigenvalue weighted by Gasteiger charge is 2.22. The number of nitrogens with one attached hydrogen (secondary N) is 1. The average molecular weight is 497 g/mol. The largest absolute Gasteiger partial charge is 0.294 e. The number of ketones is 1. The van der Waals surface area contributed by atoms with Crippen LogP contribution in [0.5, 0.6) is 0 Å². The number of Topliss-reactive ketones (excluding diaryl/α,β-unsaturated/α-hetero) is 1. The van der Waals surface area contributed by atoms with Crippen molar-refractivity contribution in [1.29, 1.82) is 0 Å². The van der Waals surface area contributed by atoms with E-state index in [1.54, 1.807) is 47.1 Å². The molecule has 0 fully saturated rings. The molecule has 0 saturated carbocycles. The minimum absolute atomic E-state index is 0.0126. The third-order valence-corrected chi connectivity index (χ3v) is 7.51. The third-order valence-electron chi connectivity index (χ3n) is 6.13. The lowest BCUT2D eigenvalue weighted by Gasteiger charge is -2.16. The summed E-state index contributed by atoms with van der Waals surface area (Å²) < 4.78 is 30.2. The summed E-state index contributed by atoms with van der Waals surface area (Å²) in [5.74, 6) is 0.516. The SMILES string of the molecule is O=C1CCCc2ccc(S(=O)(=O)Nc3ccc(-c4ccc5nnc(-c6ccccn6)n5n4)cc3)cc21. The molecule has 0 unspecified atom stereocenters. The molecule has 3 aromatic heterocycles. The van der Waals surface area contributed by atoms with Crippen molar-refractivity contribution in [2.45, 2.75) is 24.2 Å². The van der Waals surface area contributed by atoms with E-state index in [1.807, 2.05) is 30.3 Å². The topological polar surface area (TPSA) is 119 Å². The van der Waals surface area contributed by atoms with Crippen molar-refractivity contribution in [3.8, 4) is 22.8 Å². The van der Waals surface area contributed by atoms with E-state index >= 15 is 0 Å². The van der Waals surface area contributed by atoms with Gasteiger partial charge in [0.05, 0.1) is 10.6 Å². The smallest absolute Gasteiger partial charge is 0.261 e. The molecule has 0 saturated heterocycles. The van der Waals surface area contributed by atoms with Crippen molar-refractivity contribution in [3.63, 3.8) is 0 Å². The molecule has 3 heterocycles. The predicted molar refractivity (Wildman–Crippen MR) is 134 cm³/mol. The summed E-state index contributed by atoms with van der Waals surface area (Å²) in [6, 6.07) is 20.9. The second-order valence-corrected chi connectivity index (χ2v) is 10.2. The molecule has 0 radical (unpaired) electrons. The van der Waals surface area contributed by atoms with Crippen molar-refractivity contribution >= 4 is 27.1 Å². The van der Waals surface area contributed by atoms with Gasteiger partial charge >= 0.3 is 0 Å². The fourth-order valence-electron chi connectivity index (χ4n) is 4.30. The Morgan fingerprint density at radius 3 is 2.53 bits per heavy atom. The number of sulfonamides is 1. The van der Waals surface area contributed by atoms with Crippen molar-refractivity contribution in [2.75, 3.05) is 4.72 Å². The van der Waals surface area contributed by atoms with Crippen LogP contribution in [0, 0.1) is 0 Å². The van der Waals surface area contributed by atoms with Crippen LogP contribution < -0.4 is 4.72 Å². The Morgan fingerprint density at radius 2 is 1.72 bits per heavy atom. The van der Waals surface area contributed by atoms with Crippen LogP contribution in [0.2, 0.25) is 0 Å². The summed E-state index contributed by atoms with van der Waals surface area (Å²) in [4.78, 5) is 16.6. The van der Waals surface area contributed by atoms with Gasteiger partial charge in [-0.15, -0.1) is 10.2 Å². The molecule has 5 aromatic rings. The monoisotopic (exact) mass is 496 g/mol. The molecular formula is C26H20N6O3S. The Kier molecular flexibility index (Phi) is 5.30. The van der Waals surface area contributed by atoms with Crippen LogP contribution in [-0.4, -0.2) is 39.0 Å². The Bertz CT molecular complexity index is 1710. The molecule has 0 bridgehead atoms. The standard InChI is InChI=1S/C26H20N6O3S/c33-24-6-3-4-17-9-12-20(16-21(17)24)36(34,35)31-19-10-7-18(8-11-19)22-13-14-25-28-29-26(32(25)30-22)23-5-1-2-15-27-23/h1-2,5,7-16,31H,3-4,6H2. The fourth-order valence-corrected chi connectivity index (χ4v) is 5.38. The van der Waals surface area contributed by atoms with E-state index in [9.17, 15) is 13.2 Å². The molecule has 1 N–H and O–H groups in total. The van der Waals surface area contributed by atoms with Crippen molar-refractivity contribution < 1.29 is 13.2 Å². The quantitative estimate of drug-likeness (QED) is 0.388. The normalized spacial score (nSPS) is 13.5. The van der Waals surface area contributed by atoms with Crippen LogP contribution in [0.25, 0.3) is 28.4 Å². The molecule has 2 aromatic carbocycles. The number of carbonyl (C=O) groups excluding carboxylic acids is 1. The summed E-state index contributed by atoms with van der Waals surface area (Å²) >= 11 is 0. The number of hydrogen-bond donors (Lipinski definition) is 1. The van der Waals surface area contributed by atoms with Gasteiger partial charge in [0.15, 0.2) is 11.4 Å². The molecule has 10 heteroatoms. The van der Waals surface area contributed by atoms with Crippen LogP contribution in [0.15, 0.2) is 83.9 Å². The maximum atomic E-state index is 13.0. The van der Waals surface area contributed by atoms with E-state index in [4.69, 9.17) is 0 Å². The Labute approximate surface area is 206 Å². The number of nitrogens with zero attached hydrogens (tertiary/aromatic N) is 5. The first-order valence-electron chi connectivity index (χ1n) is 11.4. The number of fused-ring (bicyclic) bond motifs is 2. The lowest BCUT2D eigenvalue weighted by atomic mass is 9.91. The zero-order valence-corrected chi connectivity index (χ0v) is 19.8. The molecule has 36 heavy (non-hydrogen) atoms. The van der Waals surface area contributed by atoms with E-state index in [0.717, 1.165) is 24.0 Å². The number of aromatic nitrogens is 5. The molecule has 6 rings (SSSR count). The van der Waals surface area contributed by atoms with E-state index in [-0.39, 0.29) is 10.7 Å². The molecule has 0 spiro atoms. The lowest BCUT2D eigenvalue weighted by molar-refractivity contribution is 0.0972. The number of pyridine rings is 1. The number of hydrogen-bond acceptors (Lipinski definition) is 7. The van der Waals surface area contributed by atoms with Crippen LogP contribution in [0.1, 0.15) is 28.8 Å². The second-order valence-electron chi connectivity index (χ2n) is 8.51. The summed E-state index contributed by atoms with van der Waals surface area (Å²) in [7, 11) is -3.85. The van der Waals surface area contributed by atoms with E-state index in [2.05, 4.69) is 25.0 Å². The minimum Gasteiger partial charge on any atom is -0.294 e. The number of aryl methyl sites for hydroxylation is 1. The first-order valence-corrected chi connectivity index (χ1v) is 12.9. The van der Waals surface area contributed by atoms with E-state index < -0.39 is 10.0 Å². The molecule has 1 aliphatic rings. The number of anilines is 1. The van der Waals surface area contributed by atoms with Gasteiger partial charge in [0.25, 0.3) is 10.0 Å². The number of rotatable bonds is 5. The average Bonchev–Trinajstić information content (AvgIpc) is 3.33. The summed E-state index contributed by atoms with van der Waals surface area (Å²) in [5.41, 5.74) is 4.51. The first-order chi connectivity index (χ1) is 17.5. The van der Waals surface area contributed by atoms with Gasteiger partial charge in [-0.05, 0) is 66.9 Å². The molecule has 0 aliphatic heterocycles. The Balaban J connectivity index is 1.27. The zero-order chi connectivity index (χ0) is 24.7. The number of carbonyl (C=O) groups is 1. The fraction of sp³-hybridized carbons (Fsp3) is 0.115. The van der Waals surface area contributed by atoms with Gasteiger partial charge in [0.1, 0.15) is 5.69 Å². The van der Waals surface area contributed by atoms with Crippen LogP contribution >= 0.6 is 0 Å². The Hall–Kier alpha value is -4.44. The zero-order valence-electron chi connectivity index (χ0n) is 19.0. The van der Waals surface area contributed by atoms with Crippen molar-refractivity contribution in [2.24, 2.45) is 0 Å². The van der Waals surface area contributed by atoms with Gasteiger partial charge in [-0.2, -0.15) is 9.61 Å². The second kappa shape index (κ2) is 8.65. The van der Waals surface area contributed by atoms with Gasteiger partial charge in [0.2, 0.25) is 5.82 Å². The lowest BCUT2D eigenvalue weighted by Crippen LogP contribution is -2.16. The van der Waals surface area contributed by atoms with Crippen molar-refractivity contribution in [3.05, 3.63) is 90.1 Å². The minimum atomic E-state index is -3.85. The maximum Gasteiger partial charge on any atom is 0.261 e. The predicted octanol–water partition coefficient (Wildman–Crippen LogP) is 4.17. The van der Waals surface area contributed by atoms with Gasteiger partial charge < -0.3 is 0 Å². The van der Waals surface area contributed by atoms with Crippen LogP contribution in [0.3, 0.4) is 0 Å². The van der Waals surface area contributed by atoms with E-state index in [0.29, 0.717) is 40.5 Å². The molecule has 9 nitrogen and oxygen atoms in total. The van der Waals surface area contributed by atoms with Crippen molar-refractivity contribution in [1.82, 2.24) is 24.8 Å². The molecule has 1 aliphatic carbocycles. The number of benzene rings is 2. The van der Waals surface area contributed by atoms with Crippen LogP contribution in [-0.2, 0) is 16.4 Å². The third kappa shape index (κ3) is 4.01. The summed E-state index contributed by atoms with van der Waals surface area (Å²) in [6.45, 7) is 0. The van der Waals surface area contributed by atoms with Gasteiger partial charge in [-0.1, -0.05) is 24.3 Å². The first kappa shape index (κ1) is 22.1. The summed E-state index contributed by atoms with van der Waals surface area (Å²) in [5, 5.41) is 13.0. The van der Waals surface area contributed by atoms with Crippen LogP contribution in [0.4, 0.5) is 5.69 Å². The maximum absolute atomic E-state index is 13.0. The highest BCUT2D eigenvalue weighted by Crippen LogP contribution is 2.27. The molecule has 178 valence electrons. The molecular weight excluding hydrogens is 476 g/mol. The van der Waals surface area contributed by atoms with Gasteiger partial charge in [-0.3, -0.25) is 14.5 Å². The molecule has 0 atom stereocenters. The highest BCUT2D eigenvalue weighted by atomic mass is 32.2.